The predicted molar refractivity (Wildman–Crippen MR) is 111 cm³/mol. The predicted octanol–water partition coefficient (Wildman–Crippen LogP) is 2.67. The molecule has 3 heterocycles. The third-order valence-electron chi connectivity index (χ3n) is 6.93. The second kappa shape index (κ2) is 7.07. The molecular weight excluding hydrogens is 383 g/mol. The second-order valence-electron chi connectivity index (χ2n) is 8.80. The fraction of sp³-hybridized carbons (Fsp3) is 0.435. The van der Waals surface area contributed by atoms with E-state index >= 15 is 0 Å². The van der Waals surface area contributed by atoms with Crippen LogP contribution in [0.1, 0.15) is 54.4 Å². The number of carbonyl (C=O) groups excluding carboxylic acids is 2. The number of nitrogens with one attached hydrogen (secondary N) is 1. The molecule has 2 bridgehead atoms. The number of hydrogen-bond donors (Lipinski definition) is 2. The van der Waals surface area contributed by atoms with Gasteiger partial charge in [0.05, 0.1) is 11.0 Å². The zero-order valence-electron chi connectivity index (χ0n) is 16.7. The van der Waals surface area contributed by atoms with Gasteiger partial charge in [-0.1, -0.05) is 12.1 Å². The Kier molecular flexibility index (Phi) is 4.49. The molecule has 2 aliphatic heterocycles. The van der Waals surface area contributed by atoms with E-state index in [2.05, 4.69) is 15.2 Å². The molecule has 5 rings (SSSR count). The van der Waals surface area contributed by atoms with E-state index in [9.17, 15) is 14.0 Å². The van der Waals surface area contributed by atoms with E-state index in [1.54, 1.807) is 12.1 Å². The number of aromatic nitrogens is 1. The molecule has 2 atom stereocenters. The first-order chi connectivity index (χ1) is 14.5. The molecule has 2 aromatic rings. The summed E-state index contributed by atoms with van der Waals surface area (Å²) in [7, 11) is 0. The van der Waals surface area contributed by atoms with E-state index in [1.165, 1.54) is 18.3 Å². The molecule has 3 aliphatic rings. The minimum Gasteiger partial charge on any atom is -0.366 e. The van der Waals surface area contributed by atoms with Crippen LogP contribution in [0.15, 0.2) is 42.6 Å². The Morgan fingerprint density at radius 3 is 2.43 bits per heavy atom. The Morgan fingerprint density at radius 2 is 1.87 bits per heavy atom. The molecule has 1 aromatic carbocycles. The Labute approximate surface area is 174 Å². The SMILES string of the molecule is NC(=O)c1ccc(N2C3CCC2CC(NC(=O)C2(c4cccc(F)c4)CC2)C3)nc1. The lowest BCUT2D eigenvalue weighted by atomic mass is 9.92. The molecule has 1 aromatic heterocycles. The molecule has 156 valence electrons. The summed E-state index contributed by atoms with van der Waals surface area (Å²) >= 11 is 0. The van der Waals surface area contributed by atoms with Gasteiger partial charge in [-0.15, -0.1) is 0 Å². The van der Waals surface area contributed by atoms with Gasteiger partial charge in [0.1, 0.15) is 11.6 Å². The van der Waals surface area contributed by atoms with Crippen molar-refractivity contribution in [1.29, 1.82) is 0 Å². The van der Waals surface area contributed by atoms with Gasteiger partial charge in [-0.05, 0) is 68.4 Å². The number of anilines is 1. The Hall–Kier alpha value is -2.96. The first-order valence-electron chi connectivity index (χ1n) is 10.6. The minimum atomic E-state index is -0.565. The number of carbonyl (C=O) groups is 2. The minimum absolute atomic E-state index is 0.0230. The number of nitrogens with zero attached hydrogens (tertiary/aromatic N) is 2. The lowest BCUT2D eigenvalue weighted by molar-refractivity contribution is -0.124. The van der Waals surface area contributed by atoms with Crippen LogP contribution in [0.2, 0.25) is 0 Å². The highest BCUT2D eigenvalue weighted by Gasteiger charge is 2.52. The van der Waals surface area contributed by atoms with E-state index in [0.29, 0.717) is 17.6 Å². The molecule has 0 spiro atoms. The quantitative estimate of drug-likeness (QED) is 0.796. The van der Waals surface area contributed by atoms with Crippen molar-refractivity contribution in [2.45, 2.75) is 62.1 Å². The molecule has 2 amide bonds. The fourth-order valence-electron chi connectivity index (χ4n) is 5.24. The summed E-state index contributed by atoms with van der Waals surface area (Å²) in [6.45, 7) is 0. The second-order valence-corrected chi connectivity index (χ2v) is 8.80. The largest absolute Gasteiger partial charge is 0.366 e. The number of piperidine rings is 1. The third kappa shape index (κ3) is 3.22. The number of fused-ring (bicyclic) bond motifs is 2. The van der Waals surface area contributed by atoms with Gasteiger partial charge >= 0.3 is 0 Å². The van der Waals surface area contributed by atoms with Gasteiger partial charge in [0.15, 0.2) is 0 Å². The van der Waals surface area contributed by atoms with Crippen molar-refractivity contribution in [2.24, 2.45) is 5.73 Å². The van der Waals surface area contributed by atoms with E-state index in [1.807, 2.05) is 12.1 Å². The van der Waals surface area contributed by atoms with E-state index in [-0.39, 0.29) is 17.8 Å². The number of halogens is 1. The van der Waals surface area contributed by atoms with Crippen molar-refractivity contribution < 1.29 is 14.0 Å². The molecule has 7 heteroatoms. The summed E-state index contributed by atoms with van der Waals surface area (Å²) in [5.74, 6) is 0.101. The maximum atomic E-state index is 13.7. The van der Waals surface area contributed by atoms with Crippen LogP contribution in [-0.2, 0) is 10.2 Å². The summed E-state index contributed by atoms with van der Waals surface area (Å²) in [4.78, 5) is 31.2. The average molecular weight is 408 g/mol. The van der Waals surface area contributed by atoms with Crippen molar-refractivity contribution in [1.82, 2.24) is 10.3 Å². The summed E-state index contributed by atoms with van der Waals surface area (Å²) < 4.78 is 13.7. The van der Waals surface area contributed by atoms with Gasteiger partial charge in [-0.25, -0.2) is 9.37 Å². The molecule has 1 aliphatic carbocycles. The topological polar surface area (TPSA) is 88.3 Å². The number of hydrogen-bond acceptors (Lipinski definition) is 4. The van der Waals surface area contributed by atoms with Crippen molar-refractivity contribution >= 4 is 17.6 Å². The summed E-state index contributed by atoms with van der Waals surface area (Å²) in [5, 5.41) is 3.27. The van der Waals surface area contributed by atoms with Crippen LogP contribution >= 0.6 is 0 Å². The zero-order valence-corrected chi connectivity index (χ0v) is 16.7. The van der Waals surface area contributed by atoms with Gasteiger partial charge < -0.3 is 16.0 Å². The van der Waals surface area contributed by atoms with Crippen LogP contribution < -0.4 is 16.0 Å². The van der Waals surface area contributed by atoms with Crippen molar-refractivity contribution in [2.75, 3.05) is 4.90 Å². The molecule has 3 N–H and O–H groups in total. The van der Waals surface area contributed by atoms with Crippen LogP contribution in [0, 0.1) is 5.82 Å². The molecule has 30 heavy (non-hydrogen) atoms. The maximum Gasteiger partial charge on any atom is 0.250 e. The van der Waals surface area contributed by atoms with Crippen LogP contribution in [0.25, 0.3) is 0 Å². The van der Waals surface area contributed by atoms with Crippen molar-refractivity contribution in [3.8, 4) is 0 Å². The lowest BCUT2D eigenvalue weighted by Gasteiger charge is -2.40. The van der Waals surface area contributed by atoms with Crippen LogP contribution in [0.5, 0.6) is 0 Å². The number of benzene rings is 1. The number of amides is 2. The van der Waals surface area contributed by atoms with E-state index in [4.69, 9.17) is 5.73 Å². The maximum absolute atomic E-state index is 13.7. The summed E-state index contributed by atoms with van der Waals surface area (Å²) in [6.07, 6.45) is 6.91. The Bertz CT molecular complexity index is 975. The number of pyridine rings is 1. The average Bonchev–Trinajstić information content (AvgIpc) is 3.50. The number of primary amides is 1. The highest BCUT2D eigenvalue weighted by molar-refractivity contribution is 5.92. The highest BCUT2D eigenvalue weighted by atomic mass is 19.1. The smallest absolute Gasteiger partial charge is 0.250 e. The number of rotatable bonds is 5. The molecule has 3 fully saturated rings. The normalized spacial score (nSPS) is 26.3. The molecule has 1 saturated carbocycles. The summed E-state index contributed by atoms with van der Waals surface area (Å²) in [6, 6.07) is 10.7. The van der Waals surface area contributed by atoms with Gasteiger partial charge in [-0.3, -0.25) is 9.59 Å². The molecule has 6 nitrogen and oxygen atoms in total. The standard InChI is InChI=1S/C23H25FN4O2/c24-16-3-1-2-15(10-16)23(8-9-23)22(30)27-17-11-18-5-6-19(12-17)28(18)20-7-4-14(13-26-20)21(25)29/h1-4,7,10,13,17-19H,5-6,8-9,11-12H2,(H2,25,29)(H,27,30). The van der Waals surface area contributed by atoms with Crippen LogP contribution in [0.4, 0.5) is 10.2 Å². The first kappa shape index (κ1) is 19.0. The fourth-order valence-corrected chi connectivity index (χ4v) is 5.24. The van der Waals surface area contributed by atoms with Crippen LogP contribution in [-0.4, -0.2) is 34.9 Å². The van der Waals surface area contributed by atoms with E-state index in [0.717, 1.165) is 49.9 Å². The third-order valence-corrected chi connectivity index (χ3v) is 6.93. The molecular formula is C23H25FN4O2. The van der Waals surface area contributed by atoms with E-state index < -0.39 is 11.3 Å². The Morgan fingerprint density at radius 1 is 1.13 bits per heavy atom. The van der Waals surface area contributed by atoms with Crippen molar-refractivity contribution in [3.63, 3.8) is 0 Å². The molecule has 2 saturated heterocycles. The van der Waals surface area contributed by atoms with Gasteiger partial charge in [0.2, 0.25) is 11.8 Å². The monoisotopic (exact) mass is 408 g/mol. The first-order valence-corrected chi connectivity index (χ1v) is 10.6. The van der Waals surface area contributed by atoms with Gasteiger partial charge in [-0.2, -0.15) is 0 Å². The number of nitrogens with two attached hydrogens (primary N) is 1. The van der Waals surface area contributed by atoms with Gasteiger partial charge in [0, 0.05) is 24.3 Å². The summed E-state index contributed by atoms with van der Waals surface area (Å²) in [5.41, 5.74) is 5.93. The van der Waals surface area contributed by atoms with Crippen molar-refractivity contribution in [3.05, 3.63) is 59.5 Å². The lowest BCUT2D eigenvalue weighted by Crippen LogP contribution is -2.52. The Balaban J connectivity index is 1.27. The zero-order chi connectivity index (χ0) is 20.9. The molecule has 2 unspecified atom stereocenters. The highest BCUT2D eigenvalue weighted by Crippen LogP contribution is 2.49. The van der Waals surface area contributed by atoms with Gasteiger partial charge in [0.25, 0.3) is 0 Å². The van der Waals surface area contributed by atoms with Crippen LogP contribution in [0.3, 0.4) is 0 Å². The molecule has 0 radical (unpaired) electrons.